The fourth-order valence-electron chi connectivity index (χ4n) is 1.83. The number of hydrogen-bond donors (Lipinski definition) is 2. The summed E-state index contributed by atoms with van der Waals surface area (Å²) in [5, 5.41) is 3.07. The van der Waals surface area contributed by atoms with E-state index >= 15 is 0 Å². The zero-order valence-corrected chi connectivity index (χ0v) is 9.93. The number of amides is 1. The van der Waals surface area contributed by atoms with Gasteiger partial charge in [-0.05, 0) is 18.4 Å². The SMILES string of the molecule is Cl.NCCC(=O)NC1(c2ccccc2)CC1. The number of nitrogens with one attached hydrogen (secondary N) is 1. The average Bonchev–Trinajstić information content (AvgIpc) is 3.01. The van der Waals surface area contributed by atoms with E-state index in [0.717, 1.165) is 12.8 Å². The molecule has 1 fully saturated rings. The lowest BCUT2D eigenvalue weighted by Crippen LogP contribution is -2.35. The lowest BCUT2D eigenvalue weighted by Gasteiger charge is -2.17. The first kappa shape index (κ1) is 13.0. The average molecular weight is 241 g/mol. The second-order valence-electron chi connectivity index (χ2n) is 4.03. The van der Waals surface area contributed by atoms with Gasteiger partial charge < -0.3 is 11.1 Å². The van der Waals surface area contributed by atoms with Crippen molar-refractivity contribution in [3.63, 3.8) is 0 Å². The van der Waals surface area contributed by atoms with Crippen LogP contribution in [0.4, 0.5) is 0 Å². The summed E-state index contributed by atoms with van der Waals surface area (Å²) in [6.07, 6.45) is 2.48. The molecule has 0 unspecified atom stereocenters. The smallest absolute Gasteiger partial charge is 0.221 e. The molecular formula is C12H17ClN2O. The Kier molecular flexibility index (Phi) is 4.33. The number of nitrogens with two attached hydrogens (primary N) is 1. The summed E-state index contributed by atoms with van der Waals surface area (Å²) in [4.78, 5) is 11.5. The van der Waals surface area contributed by atoms with Crippen LogP contribution in [-0.2, 0) is 10.3 Å². The van der Waals surface area contributed by atoms with Crippen molar-refractivity contribution in [1.82, 2.24) is 5.32 Å². The fourth-order valence-corrected chi connectivity index (χ4v) is 1.83. The molecule has 3 nitrogen and oxygen atoms in total. The Bertz CT molecular complexity index is 349. The van der Waals surface area contributed by atoms with Crippen LogP contribution in [0.25, 0.3) is 0 Å². The predicted molar refractivity (Wildman–Crippen MR) is 66.4 cm³/mol. The molecule has 88 valence electrons. The van der Waals surface area contributed by atoms with E-state index in [-0.39, 0.29) is 23.9 Å². The highest BCUT2D eigenvalue weighted by Crippen LogP contribution is 2.45. The van der Waals surface area contributed by atoms with Gasteiger partial charge in [0, 0.05) is 13.0 Å². The maximum atomic E-state index is 11.5. The van der Waals surface area contributed by atoms with Gasteiger partial charge in [-0.3, -0.25) is 4.79 Å². The Morgan fingerprint density at radius 3 is 2.44 bits per heavy atom. The zero-order chi connectivity index (χ0) is 10.7. The Balaban J connectivity index is 0.00000128. The van der Waals surface area contributed by atoms with Crippen LogP contribution in [-0.4, -0.2) is 12.5 Å². The molecule has 0 spiro atoms. The summed E-state index contributed by atoms with van der Waals surface area (Å²) in [7, 11) is 0. The van der Waals surface area contributed by atoms with Gasteiger partial charge in [0.2, 0.25) is 5.91 Å². The minimum Gasteiger partial charge on any atom is -0.347 e. The highest BCUT2D eigenvalue weighted by molar-refractivity contribution is 5.85. The van der Waals surface area contributed by atoms with Crippen LogP contribution in [0.3, 0.4) is 0 Å². The van der Waals surface area contributed by atoms with E-state index < -0.39 is 0 Å². The van der Waals surface area contributed by atoms with E-state index in [9.17, 15) is 4.79 Å². The maximum Gasteiger partial charge on any atom is 0.221 e. The first-order valence-electron chi connectivity index (χ1n) is 5.33. The number of hydrogen-bond acceptors (Lipinski definition) is 2. The number of halogens is 1. The summed E-state index contributed by atoms with van der Waals surface area (Å²) in [5.74, 6) is 0.0545. The van der Waals surface area contributed by atoms with E-state index in [1.807, 2.05) is 18.2 Å². The quantitative estimate of drug-likeness (QED) is 0.839. The fraction of sp³-hybridized carbons (Fsp3) is 0.417. The van der Waals surface area contributed by atoms with E-state index in [2.05, 4.69) is 17.4 Å². The Labute approximate surface area is 102 Å². The van der Waals surface area contributed by atoms with Crippen molar-refractivity contribution in [1.29, 1.82) is 0 Å². The van der Waals surface area contributed by atoms with E-state index in [0.29, 0.717) is 13.0 Å². The molecule has 3 N–H and O–H groups in total. The van der Waals surface area contributed by atoms with Crippen LogP contribution in [0.15, 0.2) is 30.3 Å². The Hall–Kier alpha value is -1.06. The zero-order valence-electron chi connectivity index (χ0n) is 9.11. The second-order valence-corrected chi connectivity index (χ2v) is 4.03. The molecule has 0 radical (unpaired) electrons. The summed E-state index contributed by atoms with van der Waals surface area (Å²) < 4.78 is 0. The molecule has 1 amide bonds. The predicted octanol–water partition coefficient (Wildman–Crippen LogP) is 1.56. The first-order valence-corrected chi connectivity index (χ1v) is 5.33. The largest absolute Gasteiger partial charge is 0.347 e. The van der Waals surface area contributed by atoms with Crippen molar-refractivity contribution in [2.45, 2.75) is 24.8 Å². The van der Waals surface area contributed by atoms with E-state index in [1.54, 1.807) is 0 Å². The first-order chi connectivity index (χ1) is 7.27. The van der Waals surface area contributed by atoms with E-state index in [4.69, 9.17) is 5.73 Å². The molecule has 1 aromatic rings. The summed E-state index contributed by atoms with van der Waals surface area (Å²) in [5.41, 5.74) is 6.46. The molecule has 0 heterocycles. The topological polar surface area (TPSA) is 55.1 Å². The third-order valence-corrected chi connectivity index (χ3v) is 2.83. The third kappa shape index (κ3) is 2.74. The van der Waals surface area contributed by atoms with Gasteiger partial charge in [0.15, 0.2) is 0 Å². The minimum absolute atomic E-state index is 0. The molecule has 1 aromatic carbocycles. The van der Waals surface area contributed by atoms with Gasteiger partial charge in [0.05, 0.1) is 5.54 Å². The number of rotatable bonds is 4. The van der Waals surface area contributed by atoms with Crippen LogP contribution in [0.1, 0.15) is 24.8 Å². The van der Waals surface area contributed by atoms with Gasteiger partial charge in [-0.1, -0.05) is 30.3 Å². The van der Waals surface area contributed by atoms with Gasteiger partial charge >= 0.3 is 0 Å². The lowest BCUT2D eigenvalue weighted by molar-refractivity contribution is -0.121. The highest BCUT2D eigenvalue weighted by atomic mass is 35.5. The van der Waals surface area contributed by atoms with Crippen molar-refractivity contribution in [3.8, 4) is 0 Å². The van der Waals surface area contributed by atoms with Gasteiger partial charge in [0.1, 0.15) is 0 Å². The Morgan fingerprint density at radius 2 is 1.94 bits per heavy atom. The van der Waals surface area contributed by atoms with Gasteiger partial charge in [-0.25, -0.2) is 0 Å². The van der Waals surface area contributed by atoms with E-state index in [1.165, 1.54) is 5.56 Å². The monoisotopic (exact) mass is 240 g/mol. The van der Waals surface area contributed by atoms with Crippen LogP contribution in [0.5, 0.6) is 0 Å². The maximum absolute atomic E-state index is 11.5. The molecule has 0 atom stereocenters. The number of carbonyl (C=O) groups is 1. The Morgan fingerprint density at radius 1 is 1.31 bits per heavy atom. The third-order valence-electron chi connectivity index (χ3n) is 2.83. The standard InChI is InChI=1S/C12H16N2O.ClH/c13-9-6-11(15)14-12(7-8-12)10-4-2-1-3-5-10;/h1-5H,6-9,13H2,(H,14,15);1H. The number of carbonyl (C=O) groups excluding carboxylic acids is 1. The van der Waals surface area contributed by atoms with Crippen LogP contribution < -0.4 is 11.1 Å². The van der Waals surface area contributed by atoms with Crippen LogP contribution in [0, 0.1) is 0 Å². The van der Waals surface area contributed by atoms with Gasteiger partial charge in [-0.15, -0.1) is 12.4 Å². The molecule has 1 saturated carbocycles. The van der Waals surface area contributed by atoms with Crippen molar-refractivity contribution >= 4 is 18.3 Å². The lowest BCUT2D eigenvalue weighted by atomic mass is 10.0. The molecule has 0 aromatic heterocycles. The second kappa shape index (κ2) is 5.32. The molecule has 0 aliphatic heterocycles. The van der Waals surface area contributed by atoms with Crippen LogP contribution in [0.2, 0.25) is 0 Å². The molecule has 0 saturated heterocycles. The summed E-state index contributed by atoms with van der Waals surface area (Å²) >= 11 is 0. The summed E-state index contributed by atoms with van der Waals surface area (Å²) in [6.45, 7) is 0.413. The molecular weight excluding hydrogens is 224 g/mol. The van der Waals surface area contributed by atoms with Crippen molar-refractivity contribution in [2.75, 3.05) is 6.54 Å². The van der Waals surface area contributed by atoms with Crippen molar-refractivity contribution < 1.29 is 4.79 Å². The molecule has 1 aliphatic rings. The molecule has 16 heavy (non-hydrogen) atoms. The minimum atomic E-state index is -0.0898. The van der Waals surface area contributed by atoms with Crippen molar-refractivity contribution in [3.05, 3.63) is 35.9 Å². The molecule has 1 aliphatic carbocycles. The summed E-state index contributed by atoms with van der Waals surface area (Å²) in [6, 6.07) is 10.1. The molecule has 2 rings (SSSR count). The molecule has 4 heteroatoms. The van der Waals surface area contributed by atoms with Gasteiger partial charge in [-0.2, -0.15) is 0 Å². The van der Waals surface area contributed by atoms with Crippen LogP contribution >= 0.6 is 12.4 Å². The van der Waals surface area contributed by atoms with Crippen molar-refractivity contribution in [2.24, 2.45) is 5.73 Å². The molecule has 0 bridgehead atoms. The van der Waals surface area contributed by atoms with Gasteiger partial charge in [0.25, 0.3) is 0 Å². The normalized spacial score (nSPS) is 16.1. The highest BCUT2D eigenvalue weighted by Gasteiger charge is 2.45. The number of benzene rings is 1.